The molecule has 0 atom stereocenters. The van der Waals surface area contributed by atoms with E-state index in [0.717, 1.165) is 30.7 Å². The maximum atomic E-state index is 12.8. The van der Waals surface area contributed by atoms with E-state index in [-0.39, 0.29) is 18.1 Å². The number of nitrogens with one attached hydrogen (secondary N) is 1. The predicted octanol–water partition coefficient (Wildman–Crippen LogP) is 3.64. The van der Waals surface area contributed by atoms with Crippen LogP contribution >= 0.6 is 11.8 Å². The molecule has 1 amide bonds. The first-order valence-electron chi connectivity index (χ1n) is 6.57. The van der Waals surface area contributed by atoms with Crippen LogP contribution in [-0.2, 0) is 17.5 Å². The number of hydrogen-bond acceptors (Lipinski definition) is 3. The number of unbranched alkanes of at least 4 members (excludes halogenated alkanes) is 1. The van der Waals surface area contributed by atoms with Gasteiger partial charge in [0.05, 0.1) is 5.56 Å². The van der Waals surface area contributed by atoms with Crippen LogP contribution < -0.4 is 11.1 Å². The number of carbonyl (C=O) groups is 1. The van der Waals surface area contributed by atoms with Gasteiger partial charge in [0.2, 0.25) is 5.91 Å². The van der Waals surface area contributed by atoms with Crippen LogP contribution in [0.2, 0.25) is 0 Å². The van der Waals surface area contributed by atoms with E-state index in [1.165, 1.54) is 6.07 Å². The standard InChI is InChI=1S/C14H19F3N2OS/c1-21-5-3-2-4-13(20)19-12-7-10(9-18)6-11(8-12)14(15,16)17/h6-8H,2-5,9,18H2,1H3,(H,19,20). The van der Waals surface area contributed by atoms with Gasteiger partial charge in [-0.25, -0.2) is 0 Å². The zero-order chi connectivity index (χ0) is 15.9. The van der Waals surface area contributed by atoms with E-state index in [0.29, 0.717) is 12.0 Å². The highest BCUT2D eigenvalue weighted by atomic mass is 32.2. The molecular weight excluding hydrogens is 301 g/mol. The number of hydrogen-bond donors (Lipinski definition) is 2. The minimum Gasteiger partial charge on any atom is -0.326 e. The first-order chi connectivity index (χ1) is 9.86. The van der Waals surface area contributed by atoms with E-state index in [1.54, 1.807) is 11.8 Å². The number of nitrogens with two attached hydrogens (primary N) is 1. The highest BCUT2D eigenvalue weighted by molar-refractivity contribution is 7.98. The fourth-order valence-electron chi connectivity index (χ4n) is 1.80. The van der Waals surface area contributed by atoms with Gasteiger partial charge in [-0.1, -0.05) is 0 Å². The normalized spacial score (nSPS) is 11.5. The minimum atomic E-state index is -4.46. The Morgan fingerprint density at radius 2 is 2.00 bits per heavy atom. The summed E-state index contributed by atoms with van der Waals surface area (Å²) in [6, 6.07) is 3.39. The molecule has 0 fully saturated rings. The van der Waals surface area contributed by atoms with E-state index in [9.17, 15) is 18.0 Å². The lowest BCUT2D eigenvalue weighted by Gasteiger charge is -2.12. The Bertz CT molecular complexity index is 478. The molecule has 1 aromatic carbocycles. The average Bonchev–Trinajstić information content (AvgIpc) is 2.42. The van der Waals surface area contributed by atoms with Gasteiger partial charge in [-0.3, -0.25) is 4.79 Å². The first kappa shape index (κ1) is 17.8. The van der Waals surface area contributed by atoms with Crippen LogP contribution in [0, 0.1) is 0 Å². The van der Waals surface area contributed by atoms with Crippen molar-refractivity contribution in [3.8, 4) is 0 Å². The summed E-state index contributed by atoms with van der Waals surface area (Å²) in [6.07, 6.45) is -0.546. The summed E-state index contributed by atoms with van der Waals surface area (Å²) < 4.78 is 38.3. The maximum absolute atomic E-state index is 12.8. The molecular formula is C14H19F3N2OS. The van der Waals surface area contributed by atoms with E-state index in [1.807, 2.05) is 6.26 Å². The van der Waals surface area contributed by atoms with Crippen molar-refractivity contribution in [3.05, 3.63) is 29.3 Å². The zero-order valence-electron chi connectivity index (χ0n) is 11.8. The van der Waals surface area contributed by atoms with Gasteiger partial charge in [-0.05, 0) is 48.6 Å². The van der Waals surface area contributed by atoms with Crippen molar-refractivity contribution < 1.29 is 18.0 Å². The fraction of sp³-hybridized carbons (Fsp3) is 0.500. The minimum absolute atomic E-state index is 0.0134. The van der Waals surface area contributed by atoms with Crippen LogP contribution in [0.15, 0.2) is 18.2 Å². The molecule has 118 valence electrons. The molecule has 0 bridgehead atoms. The van der Waals surface area contributed by atoms with Crippen LogP contribution in [-0.4, -0.2) is 17.9 Å². The number of carbonyl (C=O) groups excluding carboxylic acids is 1. The Hall–Kier alpha value is -1.21. The van der Waals surface area contributed by atoms with Crippen LogP contribution in [0.4, 0.5) is 18.9 Å². The molecule has 0 aliphatic heterocycles. The number of alkyl halides is 3. The van der Waals surface area contributed by atoms with Gasteiger partial charge in [0.1, 0.15) is 0 Å². The molecule has 0 aliphatic rings. The molecule has 0 saturated heterocycles. The Morgan fingerprint density at radius 3 is 2.57 bits per heavy atom. The van der Waals surface area contributed by atoms with E-state index in [2.05, 4.69) is 5.32 Å². The van der Waals surface area contributed by atoms with E-state index in [4.69, 9.17) is 5.73 Å². The number of anilines is 1. The van der Waals surface area contributed by atoms with Crippen molar-refractivity contribution >= 4 is 23.4 Å². The molecule has 0 spiro atoms. The van der Waals surface area contributed by atoms with Gasteiger partial charge >= 0.3 is 6.18 Å². The largest absolute Gasteiger partial charge is 0.416 e. The maximum Gasteiger partial charge on any atom is 0.416 e. The van der Waals surface area contributed by atoms with Gasteiger partial charge in [0.15, 0.2) is 0 Å². The Kier molecular flexibility index (Phi) is 7.04. The number of amides is 1. The van der Waals surface area contributed by atoms with Crippen molar-refractivity contribution in [2.24, 2.45) is 5.73 Å². The molecule has 21 heavy (non-hydrogen) atoms. The van der Waals surface area contributed by atoms with Crippen molar-refractivity contribution in [3.63, 3.8) is 0 Å². The third-order valence-corrected chi connectivity index (χ3v) is 3.54. The smallest absolute Gasteiger partial charge is 0.326 e. The molecule has 1 rings (SSSR count). The summed E-state index contributed by atoms with van der Waals surface area (Å²) in [7, 11) is 0. The van der Waals surface area contributed by atoms with Crippen LogP contribution in [0.3, 0.4) is 0 Å². The molecule has 7 heteroatoms. The highest BCUT2D eigenvalue weighted by Gasteiger charge is 2.31. The Morgan fingerprint density at radius 1 is 1.29 bits per heavy atom. The molecule has 3 nitrogen and oxygen atoms in total. The molecule has 3 N–H and O–H groups in total. The average molecular weight is 320 g/mol. The monoisotopic (exact) mass is 320 g/mol. The topological polar surface area (TPSA) is 55.1 Å². The van der Waals surface area contributed by atoms with Crippen molar-refractivity contribution in [2.45, 2.75) is 32.0 Å². The number of rotatable bonds is 7. The molecule has 0 heterocycles. The summed E-state index contributed by atoms with van der Waals surface area (Å²) >= 11 is 1.70. The Labute approximate surface area is 126 Å². The predicted molar refractivity (Wildman–Crippen MR) is 80.2 cm³/mol. The molecule has 0 saturated carbocycles. The second-order valence-corrected chi connectivity index (χ2v) is 5.60. The lowest BCUT2D eigenvalue weighted by atomic mass is 10.1. The quantitative estimate of drug-likeness (QED) is 0.754. The van der Waals surface area contributed by atoms with Gasteiger partial charge in [0.25, 0.3) is 0 Å². The van der Waals surface area contributed by atoms with E-state index < -0.39 is 11.7 Å². The lowest BCUT2D eigenvalue weighted by Crippen LogP contribution is -2.14. The number of thioether (sulfide) groups is 1. The summed E-state index contributed by atoms with van der Waals surface area (Å²) in [6.45, 7) is -0.0134. The third kappa shape index (κ3) is 6.39. The third-order valence-electron chi connectivity index (χ3n) is 2.84. The summed E-state index contributed by atoms with van der Waals surface area (Å²) in [5, 5.41) is 2.50. The molecule has 0 unspecified atom stereocenters. The van der Waals surface area contributed by atoms with Crippen molar-refractivity contribution in [1.82, 2.24) is 0 Å². The second kappa shape index (κ2) is 8.29. The van der Waals surface area contributed by atoms with Gasteiger partial charge in [-0.2, -0.15) is 24.9 Å². The van der Waals surface area contributed by atoms with Gasteiger partial charge in [-0.15, -0.1) is 0 Å². The van der Waals surface area contributed by atoms with Crippen LogP contribution in [0.1, 0.15) is 30.4 Å². The van der Waals surface area contributed by atoms with Crippen molar-refractivity contribution in [2.75, 3.05) is 17.3 Å². The zero-order valence-corrected chi connectivity index (χ0v) is 12.6. The van der Waals surface area contributed by atoms with E-state index >= 15 is 0 Å². The molecule has 0 aliphatic carbocycles. The highest BCUT2D eigenvalue weighted by Crippen LogP contribution is 2.32. The summed E-state index contributed by atoms with van der Waals surface area (Å²) in [5.41, 5.74) is 5.06. The number of benzene rings is 1. The molecule has 0 aromatic heterocycles. The van der Waals surface area contributed by atoms with Crippen LogP contribution in [0.25, 0.3) is 0 Å². The first-order valence-corrected chi connectivity index (χ1v) is 7.96. The fourth-order valence-corrected chi connectivity index (χ4v) is 2.29. The summed E-state index contributed by atoms with van der Waals surface area (Å²) in [5.74, 6) is 0.687. The second-order valence-electron chi connectivity index (χ2n) is 4.62. The van der Waals surface area contributed by atoms with Gasteiger partial charge in [0, 0.05) is 18.7 Å². The van der Waals surface area contributed by atoms with Gasteiger partial charge < -0.3 is 11.1 Å². The van der Waals surface area contributed by atoms with Crippen molar-refractivity contribution in [1.29, 1.82) is 0 Å². The number of halogens is 3. The Balaban J connectivity index is 2.71. The lowest BCUT2D eigenvalue weighted by molar-refractivity contribution is -0.137. The summed E-state index contributed by atoms with van der Waals surface area (Å²) in [4.78, 5) is 11.7. The molecule has 1 aromatic rings. The van der Waals surface area contributed by atoms with Crippen LogP contribution in [0.5, 0.6) is 0 Å². The SMILES string of the molecule is CSCCCCC(=O)Nc1cc(CN)cc(C(F)(F)F)c1. The molecule has 0 radical (unpaired) electrons.